The van der Waals surface area contributed by atoms with Crippen LogP contribution in [0, 0.1) is 0 Å². The molecule has 1 atom stereocenters. The highest BCUT2D eigenvalue weighted by Crippen LogP contribution is 2.33. The van der Waals surface area contributed by atoms with Gasteiger partial charge in [-0.3, -0.25) is 14.8 Å². The summed E-state index contributed by atoms with van der Waals surface area (Å²) in [4.78, 5) is 20.6. The van der Waals surface area contributed by atoms with Gasteiger partial charge in [-0.05, 0) is 61.2 Å². The molecule has 0 saturated heterocycles. The molecule has 1 aromatic carbocycles. The maximum Gasteiger partial charge on any atom is 0.433 e. The molecule has 1 N–H and O–H groups in total. The average Bonchev–Trinajstić information content (AvgIpc) is 3.00. The quantitative estimate of drug-likeness (QED) is 0.350. The lowest BCUT2D eigenvalue weighted by Gasteiger charge is -2.20. The number of benzene rings is 1. The number of carbonyl (C=O) groups excluding carboxylic acids is 1. The Hall–Kier alpha value is -3.43. The third kappa shape index (κ3) is 5.21. The van der Waals surface area contributed by atoms with E-state index in [0.29, 0.717) is 29.8 Å². The van der Waals surface area contributed by atoms with Crippen molar-refractivity contribution < 1.29 is 31.1 Å². The van der Waals surface area contributed by atoms with Gasteiger partial charge in [0.1, 0.15) is 5.69 Å². The Bertz CT molecular complexity index is 1210. The highest BCUT2D eigenvalue weighted by atomic mass is 19.4. The van der Waals surface area contributed by atoms with Crippen LogP contribution in [0.4, 0.5) is 26.3 Å². The molecule has 10 heteroatoms. The fraction of sp³-hybridized carbons (Fsp3) is 0.292. The average molecular weight is 479 g/mol. The van der Waals surface area contributed by atoms with E-state index in [2.05, 4.69) is 15.3 Å². The zero-order chi connectivity index (χ0) is 24.5. The van der Waals surface area contributed by atoms with E-state index in [-0.39, 0.29) is 11.1 Å². The summed E-state index contributed by atoms with van der Waals surface area (Å²) in [5.41, 5.74) is -0.102. The Morgan fingerprint density at radius 3 is 2.47 bits per heavy atom. The van der Waals surface area contributed by atoms with Gasteiger partial charge in [-0.25, -0.2) is 0 Å². The summed E-state index contributed by atoms with van der Waals surface area (Å²) < 4.78 is 78.1. The van der Waals surface area contributed by atoms with E-state index >= 15 is 0 Å². The fourth-order valence-corrected chi connectivity index (χ4v) is 3.96. The smallest absolute Gasteiger partial charge is 0.345 e. The number of amides is 1. The van der Waals surface area contributed by atoms with Gasteiger partial charge in [0.25, 0.3) is 5.91 Å². The van der Waals surface area contributed by atoms with E-state index < -0.39 is 35.6 Å². The third-order valence-corrected chi connectivity index (χ3v) is 5.64. The van der Waals surface area contributed by atoms with Crippen LogP contribution in [-0.4, -0.2) is 15.9 Å². The molecule has 34 heavy (non-hydrogen) atoms. The van der Waals surface area contributed by atoms with E-state index in [4.69, 9.17) is 0 Å². The Labute approximate surface area is 191 Å². The highest BCUT2D eigenvalue weighted by Gasteiger charge is 2.33. The lowest BCUT2D eigenvalue weighted by Crippen LogP contribution is -2.29. The second-order valence-electron chi connectivity index (χ2n) is 8.01. The van der Waals surface area contributed by atoms with Gasteiger partial charge >= 0.3 is 12.4 Å². The Kier molecular flexibility index (Phi) is 6.33. The third-order valence-electron chi connectivity index (χ3n) is 5.64. The largest absolute Gasteiger partial charge is 0.433 e. The molecule has 2 aromatic heterocycles. The maximum absolute atomic E-state index is 13.0. The topological polar surface area (TPSA) is 54.9 Å². The number of nitrogens with zero attached hydrogens (tertiary/aromatic N) is 2. The standard InChI is InChI=1S/C24H19F6N3O/c25-23(26,27)16-5-3-4-15(12-16)22(34)33-20-7-2-1-6-19-17(20)8-9-18(32-19)14-10-11-31-21(13-14)24(28,29)30/h3-5,8-13,20H,1-2,6-7H2,(H,33,34). The fourth-order valence-electron chi connectivity index (χ4n) is 3.96. The van der Waals surface area contributed by atoms with Crippen molar-refractivity contribution in [2.24, 2.45) is 0 Å². The molecule has 4 nitrogen and oxygen atoms in total. The van der Waals surface area contributed by atoms with Gasteiger partial charge in [-0.2, -0.15) is 26.3 Å². The number of carbonyl (C=O) groups is 1. The SMILES string of the molecule is O=C(NC1CCCCc2nc(-c3ccnc(C(F)(F)F)c3)ccc21)c1cccc(C(F)(F)F)c1. The summed E-state index contributed by atoms with van der Waals surface area (Å²) in [6.45, 7) is 0. The van der Waals surface area contributed by atoms with Crippen molar-refractivity contribution >= 4 is 5.91 Å². The number of fused-ring (bicyclic) bond motifs is 1. The summed E-state index contributed by atoms with van der Waals surface area (Å²) in [6.07, 6.45) is -5.45. The van der Waals surface area contributed by atoms with Gasteiger partial charge in [0.15, 0.2) is 0 Å². The molecule has 0 spiro atoms. The monoisotopic (exact) mass is 479 g/mol. The Balaban J connectivity index is 1.61. The molecule has 0 fully saturated rings. The lowest BCUT2D eigenvalue weighted by molar-refractivity contribution is -0.141. The Morgan fingerprint density at radius 1 is 0.941 bits per heavy atom. The minimum absolute atomic E-state index is 0.110. The van der Waals surface area contributed by atoms with Crippen LogP contribution >= 0.6 is 0 Å². The molecule has 0 bridgehead atoms. The van der Waals surface area contributed by atoms with E-state index in [9.17, 15) is 31.1 Å². The van der Waals surface area contributed by atoms with Crippen molar-refractivity contribution in [3.05, 3.63) is 82.8 Å². The molecular formula is C24H19F6N3O. The van der Waals surface area contributed by atoms with Crippen LogP contribution < -0.4 is 5.32 Å². The van der Waals surface area contributed by atoms with Crippen molar-refractivity contribution in [3.8, 4) is 11.3 Å². The highest BCUT2D eigenvalue weighted by molar-refractivity contribution is 5.94. The number of hydrogen-bond donors (Lipinski definition) is 1. The second kappa shape index (κ2) is 9.08. The minimum Gasteiger partial charge on any atom is -0.345 e. The van der Waals surface area contributed by atoms with E-state index in [1.54, 1.807) is 12.1 Å². The van der Waals surface area contributed by atoms with Crippen molar-refractivity contribution in [2.75, 3.05) is 0 Å². The molecule has 1 aliphatic rings. The number of pyridine rings is 2. The first-order chi connectivity index (χ1) is 16.0. The van der Waals surface area contributed by atoms with Crippen LogP contribution in [0.5, 0.6) is 0 Å². The molecule has 0 saturated carbocycles. The zero-order valence-corrected chi connectivity index (χ0v) is 17.7. The molecule has 1 unspecified atom stereocenters. The van der Waals surface area contributed by atoms with E-state index in [0.717, 1.165) is 37.2 Å². The molecular weight excluding hydrogens is 460 g/mol. The van der Waals surface area contributed by atoms with Gasteiger partial charge in [0.05, 0.1) is 17.3 Å². The number of alkyl halides is 6. The first-order valence-electron chi connectivity index (χ1n) is 10.5. The first-order valence-corrected chi connectivity index (χ1v) is 10.5. The van der Waals surface area contributed by atoms with Gasteiger partial charge < -0.3 is 5.32 Å². The predicted octanol–water partition coefficient (Wildman–Crippen LogP) is 6.38. The Morgan fingerprint density at radius 2 is 1.74 bits per heavy atom. The predicted molar refractivity (Wildman–Crippen MR) is 112 cm³/mol. The van der Waals surface area contributed by atoms with Gasteiger partial charge in [-0.15, -0.1) is 0 Å². The summed E-state index contributed by atoms with van der Waals surface area (Å²) in [6, 6.07) is 9.34. The van der Waals surface area contributed by atoms with Crippen molar-refractivity contribution in [2.45, 2.75) is 44.1 Å². The molecule has 1 amide bonds. The van der Waals surface area contributed by atoms with Crippen LogP contribution in [0.3, 0.4) is 0 Å². The molecule has 178 valence electrons. The number of rotatable bonds is 3. The van der Waals surface area contributed by atoms with Gasteiger partial charge in [-0.1, -0.05) is 18.6 Å². The summed E-state index contributed by atoms with van der Waals surface area (Å²) in [5.74, 6) is -0.642. The minimum atomic E-state index is -4.58. The van der Waals surface area contributed by atoms with E-state index in [1.807, 2.05) is 0 Å². The lowest BCUT2D eigenvalue weighted by atomic mass is 10.0. The van der Waals surface area contributed by atoms with Crippen LogP contribution in [0.25, 0.3) is 11.3 Å². The van der Waals surface area contributed by atoms with Gasteiger partial charge in [0, 0.05) is 23.0 Å². The van der Waals surface area contributed by atoms with Crippen LogP contribution in [0.1, 0.15) is 58.2 Å². The molecule has 0 aliphatic heterocycles. The van der Waals surface area contributed by atoms with Crippen molar-refractivity contribution in [3.63, 3.8) is 0 Å². The summed E-state index contributed by atoms with van der Waals surface area (Å²) in [5, 5.41) is 2.79. The molecule has 3 aromatic rings. The molecule has 1 aliphatic carbocycles. The molecule has 2 heterocycles. The van der Waals surface area contributed by atoms with Crippen molar-refractivity contribution in [1.29, 1.82) is 0 Å². The van der Waals surface area contributed by atoms with Gasteiger partial charge in [0.2, 0.25) is 0 Å². The van der Waals surface area contributed by atoms with Crippen LogP contribution in [-0.2, 0) is 18.8 Å². The van der Waals surface area contributed by atoms with Crippen LogP contribution in [0.2, 0.25) is 0 Å². The van der Waals surface area contributed by atoms with Crippen molar-refractivity contribution in [1.82, 2.24) is 15.3 Å². The number of hydrogen-bond acceptors (Lipinski definition) is 3. The number of aromatic nitrogens is 2. The number of aryl methyl sites for hydroxylation is 1. The molecule has 4 rings (SSSR count). The normalized spacial score (nSPS) is 16.5. The molecule has 0 radical (unpaired) electrons. The summed E-state index contributed by atoms with van der Waals surface area (Å²) in [7, 11) is 0. The number of halogens is 6. The maximum atomic E-state index is 13.0. The van der Waals surface area contributed by atoms with E-state index in [1.165, 1.54) is 18.2 Å². The second-order valence-corrected chi connectivity index (χ2v) is 8.01. The summed E-state index contributed by atoms with van der Waals surface area (Å²) >= 11 is 0. The zero-order valence-electron chi connectivity index (χ0n) is 17.7. The van der Waals surface area contributed by atoms with Crippen LogP contribution in [0.15, 0.2) is 54.7 Å². The first kappa shape index (κ1) is 23.7. The number of nitrogens with one attached hydrogen (secondary N) is 1.